The maximum Gasteiger partial charge on any atom is 0.325 e. The van der Waals surface area contributed by atoms with Crippen LogP contribution in [0.15, 0.2) is 40.2 Å². The minimum Gasteiger partial charge on any atom is -0.376 e. The second-order valence-corrected chi connectivity index (χ2v) is 5.63. The van der Waals surface area contributed by atoms with Gasteiger partial charge in [-0.1, -0.05) is 6.07 Å². The number of aromatic amines is 2. The molecule has 2 N–H and O–H groups in total. The number of ether oxygens (including phenoxy) is 1. The number of rotatable bonds is 5. The first-order valence-corrected chi connectivity index (χ1v) is 7.76. The van der Waals surface area contributed by atoms with Crippen LogP contribution in [0.2, 0.25) is 0 Å². The molecule has 0 aromatic carbocycles. The summed E-state index contributed by atoms with van der Waals surface area (Å²) in [5, 5.41) is 0. The molecule has 2 aromatic rings. The van der Waals surface area contributed by atoms with Crippen molar-refractivity contribution >= 4 is 5.91 Å². The number of nitrogens with zero attached hydrogens (tertiary/aromatic N) is 2. The lowest BCUT2D eigenvalue weighted by atomic mass is 10.2. The largest absolute Gasteiger partial charge is 0.376 e. The molecule has 126 valence electrons. The Kier molecular flexibility index (Phi) is 4.85. The van der Waals surface area contributed by atoms with Crippen molar-refractivity contribution in [3.63, 3.8) is 0 Å². The van der Waals surface area contributed by atoms with Gasteiger partial charge in [0, 0.05) is 25.5 Å². The van der Waals surface area contributed by atoms with Gasteiger partial charge in [0.05, 0.1) is 18.3 Å². The Bertz CT molecular complexity index is 809. The fraction of sp³-hybridized carbons (Fsp3) is 0.375. The van der Waals surface area contributed by atoms with E-state index in [0.717, 1.165) is 19.0 Å². The van der Waals surface area contributed by atoms with Gasteiger partial charge in [0.15, 0.2) is 0 Å². The van der Waals surface area contributed by atoms with E-state index in [4.69, 9.17) is 4.74 Å². The van der Waals surface area contributed by atoms with E-state index in [1.165, 1.54) is 4.90 Å². The second kappa shape index (κ2) is 7.22. The van der Waals surface area contributed by atoms with Gasteiger partial charge in [-0.3, -0.25) is 19.6 Å². The first kappa shape index (κ1) is 16.1. The molecule has 1 amide bonds. The van der Waals surface area contributed by atoms with Crippen LogP contribution in [0.5, 0.6) is 0 Å². The summed E-state index contributed by atoms with van der Waals surface area (Å²) in [6.07, 6.45) is 4.56. The van der Waals surface area contributed by atoms with Crippen molar-refractivity contribution in [2.45, 2.75) is 25.5 Å². The summed E-state index contributed by atoms with van der Waals surface area (Å²) < 4.78 is 5.60. The minimum absolute atomic E-state index is 0.0560. The van der Waals surface area contributed by atoms with Crippen LogP contribution in [0.25, 0.3) is 0 Å². The second-order valence-electron chi connectivity index (χ2n) is 5.63. The number of aromatic nitrogens is 3. The van der Waals surface area contributed by atoms with Crippen molar-refractivity contribution in [2.75, 3.05) is 13.2 Å². The zero-order valence-corrected chi connectivity index (χ0v) is 13.0. The molecule has 1 aliphatic heterocycles. The Morgan fingerprint density at radius 3 is 2.92 bits per heavy atom. The van der Waals surface area contributed by atoms with Gasteiger partial charge in [-0.25, -0.2) is 4.79 Å². The predicted molar refractivity (Wildman–Crippen MR) is 85.6 cm³/mol. The third-order valence-corrected chi connectivity index (χ3v) is 3.86. The normalized spacial score (nSPS) is 16.9. The summed E-state index contributed by atoms with van der Waals surface area (Å²) in [7, 11) is 0. The monoisotopic (exact) mass is 330 g/mol. The van der Waals surface area contributed by atoms with E-state index in [2.05, 4.69) is 15.0 Å². The molecule has 1 fully saturated rings. The fourth-order valence-corrected chi connectivity index (χ4v) is 2.68. The molecule has 8 heteroatoms. The maximum absolute atomic E-state index is 12.8. The van der Waals surface area contributed by atoms with E-state index in [1.807, 2.05) is 12.1 Å². The predicted octanol–water partition coefficient (Wildman–Crippen LogP) is 0.280. The van der Waals surface area contributed by atoms with E-state index in [-0.39, 0.29) is 18.2 Å². The minimum atomic E-state index is -0.706. The summed E-state index contributed by atoms with van der Waals surface area (Å²) in [6, 6.07) is 5.44. The van der Waals surface area contributed by atoms with Crippen molar-refractivity contribution in [1.82, 2.24) is 19.9 Å². The summed E-state index contributed by atoms with van der Waals surface area (Å²) in [4.78, 5) is 46.0. The Morgan fingerprint density at radius 2 is 2.25 bits per heavy atom. The van der Waals surface area contributed by atoms with E-state index in [0.29, 0.717) is 18.8 Å². The average Bonchev–Trinajstić information content (AvgIpc) is 3.08. The third kappa shape index (κ3) is 3.77. The molecule has 1 atom stereocenters. The summed E-state index contributed by atoms with van der Waals surface area (Å²) in [5.74, 6) is -0.464. The van der Waals surface area contributed by atoms with E-state index in [1.54, 1.807) is 12.3 Å². The molecule has 2 aromatic heterocycles. The van der Waals surface area contributed by atoms with Crippen molar-refractivity contribution in [3.8, 4) is 0 Å². The highest BCUT2D eigenvalue weighted by molar-refractivity contribution is 5.93. The van der Waals surface area contributed by atoms with Crippen molar-refractivity contribution < 1.29 is 9.53 Å². The average molecular weight is 330 g/mol. The van der Waals surface area contributed by atoms with Gasteiger partial charge >= 0.3 is 5.69 Å². The van der Waals surface area contributed by atoms with E-state index >= 15 is 0 Å². The van der Waals surface area contributed by atoms with Gasteiger partial charge in [0.25, 0.3) is 11.5 Å². The Morgan fingerprint density at radius 1 is 1.38 bits per heavy atom. The number of H-pyrrole nitrogens is 2. The van der Waals surface area contributed by atoms with Crippen LogP contribution >= 0.6 is 0 Å². The molecular formula is C16H18N4O4. The quantitative estimate of drug-likeness (QED) is 0.818. The van der Waals surface area contributed by atoms with Gasteiger partial charge in [-0.05, 0) is 25.0 Å². The van der Waals surface area contributed by atoms with Crippen LogP contribution in [0, 0.1) is 0 Å². The molecular weight excluding hydrogens is 312 g/mol. The molecule has 3 heterocycles. The SMILES string of the molecule is O=C(c1c[nH]c(=O)[nH]c1=O)N(Cc1ccccn1)CC1CCCO1. The van der Waals surface area contributed by atoms with Crippen molar-refractivity contribution in [1.29, 1.82) is 0 Å². The Labute approximate surface area is 137 Å². The molecule has 0 bridgehead atoms. The molecule has 8 nitrogen and oxygen atoms in total. The highest BCUT2D eigenvalue weighted by Gasteiger charge is 2.25. The van der Waals surface area contributed by atoms with Crippen molar-refractivity contribution in [3.05, 3.63) is 62.7 Å². The molecule has 0 spiro atoms. The maximum atomic E-state index is 12.8. The third-order valence-electron chi connectivity index (χ3n) is 3.86. The van der Waals surface area contributed by atoms with Crippen LogP contribution in [0.1, 0.15) is 28.9 Å². The highest BCUT2D eigenvalue weighted by Crippen LogP contribution is 2.15. The zero-order valence-electron chi connectivity index (χ0n) is 13.0. The number of nitrogens with one attached hydrogen (secondary N) is 2. The number of hydrogen-bond acceptors (Lipinski definition) is 5. The lowest BCUT2D eigenvalue weighted by molar-refractivity contribution is 0.0502. The van der Waals surface area contributed by atoms with Crippen LogP contribution in [-0.4, -0.2) is 45.0 Å². The lowest BCUT2D eigenvalue weighted by Crippen LogP contribution is -2.40. The van der Waals surface area contributed by atoms with Gasteiger partial charge in [0.2, 0.25) is 0 Å². The smallest absolute Gasteiger partial charge is 0.325 e. The number of hydrogen-bond donors (Lipinski definition) is 2. The van der Waals surface area contributed by atoms with Gasteiger partial charge in [-0.2, -0.15) is 0 Å². The van der Waals surface area contributed by atoms with Crippen LogP contribution < -0.4 is 11.2 Å². The summed E-state index contributed by atoms with van der Waals surface area (Å²) >= 11 is 0. The Balaban J connectivity index is 1.85. The number of pyridine rings is 1. The first-order valence-electron chi connectivity index (χ1n) is 7.76. The van der Waals surface area contributed by atoms with E-state index < -0.39 is 17.2 Å². The van der Waals surface area contributed by atoms with Gasteiger partial charge in [-0.15, -0.1) is 0 Å². The topological polar surface area (TPSA) is 108 Å². The van der Waals surface area contributed by atoms with Crippen LogP contribution in [-0.2, 0) is 11.3 Å². The highest BCUT2D eigenvalue weighted by atomic mass is 16.5. The first-order chi connectivity index (χ1) is 11.6. The molecule has 3 rings (SSSR count). The van der Waals surface area contributed by atoms with Crippen LogP contribution in [0.3, 0.4) is 0 Å². The van der Waals surface area contributed by atoms with Crippen LogP contribution in [0.4, 0.5) is 0 Å². The van der Waals surface area contributed by atoms with E-state index in [9.17, 15) is 14.4 Å². The number of carbonyl (C=O) groups excluding carboxylic acids is 1. The van der Waals surface area contributed by atoms with Gasteiger partial charge < -0.3 is 14.6 Å². The van der Waals surface area contributed by atoms with Crippen molar-refractivity contribution in [2.24, 2.45) is 0 Å². The molecule has 1 unspecified atom stereocenters. The fourth-order valence-electron chi connectivity index (χ4n) is 2.68. The molecule has 1 saturated heterocycles. The molecule has 24 heavy (non-hydrogen) atoms. The lowest BCUT2D eigenvalue weighted by Gasteiger charge is -2.25. The molecule has 0 radical (unpaired) electrons. The standard InChI is InChI=1S/C16H18N4O4/c21-14-13(8-18-16(23)19-14)15(22)20(10-12-5-3-7-24-12)9-11-4-1-2-6-17-11/h1-2,4,6,8,12H,3,5,7,9-10H2,(H2,18,19,21,23). The molecule has 1 aliphatic rings. The molecule has 0 aliphatic carbocycles. The Hall–Kier alpha value is -2.74. The number of carbonyl (C=O) groups is 1. The zero-order chi connectivity index (χ0) is 16.9. The molecule has 0 saturated carbocycles. The van der Waals surface area contributed by atoms with Gasteiger partial charge in [0.1, 0.15) is 5.56 Å². The number of amides is 1. The summed E-state index contributed by atoms with van der Waals surface area (Å²) in [5.41, 5.74) is -0.748. The summed E-state index contributed by atoms with van der Waals surface area (Å²) in [6.45, 7) is 1.31.